The van der Waals surface area contributed by atoms with E-state index in [0.29, 0.717) is 36.8 Å². The molecule has 3 rings (SSSR count). The molecule has 0 bridgehead atoms. The second-order valence-electron chi connectivity index (χ2n) is 7.56. The molecule has 1 aromatic carbocycles. The first-order valence-electron chi connectivity index (χ1n) is 10.2. The number of nitrogens with zero attached hydrogens (tertiary/aromatic N) is 3. The third kappa shape index (κ3) is 6.09. The average molecular weight is 447 g/mol. The van der Waals surface area contributed by atoms with Gasteiger partial charge in [-0.2, -0.15) is 18.3 Å². The highest BCUT2D eigenvalue weighted by molar-refractivity contribution is 5.69. The number of aryl methyl sites for hydroxylation is 1. The summed E-state index contributed by atoms with van der Waals surface area (Å²) in [6, 6.07) is 9.15. The minimum Gasteiger partial charge on any atom is -0.493 e. The standard InChI is InChI=1S/C23H24F3N3O3/c1-15(2)22-17(6-5-11-31-19-7-4-8-20(12-19)32-16(3)30)14-29(28-22)21-10-9-18(13-27-21)23(24,25)26/h4,7-10,12-15H,5-6,11H2,1-3H3. The number of pyridine rings is 1. The SMILES string of the molecule is CC(=O)Oc1cccc(OCCCc2cn(-c3ccc(C(F)(F)F)cn3)nc2C(C)C)c1. The molecule has 0 amide bonds. The topological polar surface area (TPSA) is 66.2 Å². The Kier molecular flexibility index (Phi) is 7.17. The van der Waals surface area contributed by atoms with Crippen LogP contribution in [0, 0.1) is 0 Å². The molecule has 0 saturated carbocycles. The van der Waals surface area contributed by atoms with Crippen LogP contribution in [-0.2, 0) is 17.4 Å². The van der Waals surface area contributed by atoms with Crippen molar-refractivity contribution in [2.45, 2.75) is 45.7 Å². The van der Waals surface area contributed by atoms with Crippen LogP contribution in [0.15, 0.2) is 48.8 Å². The predicted molar refractivity (Wildman–Crippen MR) is 112 cm³/mol. The Labute approximate surface area is 184 Å². The quantitative estimate of drug-likeness (QED) is 0.265. The zero-order chi connectivity index (χ0) is 23.3. The third-order valence-corrected chi connectivity index (χ3v) is 4.61. The second-order valence-corrected chi connectivity index (χ2v) is 7.56. The van der Waals surface area contributed by atoms with Crippen LogP contribution in [0.25, 0.3) is 5.82 Å². The summed E-state index contributed by atoms with van der Waals surface area (Å²) in [4.78, 5) is 15.0. The van der Waals surface area contributed by atoms with E-state index in [4.69, 9.17) is 9.47 Å². The lowest BCUT2D eigenvalue weighted by Gasteiger charge is -2.08. The predicted octanol–water partition coefficient (Wildman–Crippen LogP) is 5.35. The molecular weight excluding hydrogens is 423 g/mol. The number of carbonyl (C=O) groups excluding carboxylic acids is 1. The first kappa shape index (κ1) is 23.3. The van der Waals surface area contributed by atoms with Crippen LogP contribution in [0.5, 0.6) is 11.5 Å². The van der Waals surface area contributed by atoms with Crippen LogP contribution in [0.3, 0.4) is 0 Å². The molecular formula is C23H24F3N3O3. The molecule has 0 atom stereocenters. The van der Waals surface area contributed by atoms with E-state index in [-0.39, 0.29) is 5.92 Å². The van der Waals surface area contributed by atoms with E-state index >= 15 is 0 Å². The number of aromatic nitrogens is 3. The zero-order valence-corrected chi connectivity index (χ0v) is 18.0. The van der Waals surface area contributed by atoms with Gasteiger partial charge >= 0.3 is 12.1 Å². The minimum absolute atomic E-state index is 0.141. The summed E-state index contributed by atoms with van der Waals surface area (Å²) < 4.78 is 50.6. The molecule has 0 N–H and O–H groups in total. The lowest BCUT2D eigenvalue weighted by molar-refractivity contribution is -0.138. The van der Waals surface area contributed by atoms with E-state index < -0.39 is 17.7 Å². The number of ether oxygens (including phenoxy) is 2. The fraction of sp³-hybridized carbons (Fsp3) is 0.348. The van der Waals surface area contributed by atoms with Gasteiger partial charge in [0, 0.05) is 25.4 Å². The lowest BCUT2D eigenvalue weighted by atomic mass is 10.0. The van der Waals surface area contributed by atoms with Crippen molar-refractivity contribution in [3.8, 4) is 17.3 Å². The van der Waals surface area contributed by atoms with E-state index in [9.17, 15) is 18.0 Å². The number of rotatable bonds is 8. The average Bonchev–Trinajstić information content (AvgIpc) is 3.15. The molecule has 0 aliphatic heterocycles. The smallest absolute Gasteiger partial charge is 0.417 e. The van der Waals surface area contributed by atoms with Gasteiger partial charge in [-0.15, -0.1) is 0 Å². The van der Waals surface area contributed by atoms with E-state index in [0.717, 1.165) is 23.5 Å². The maximum absolute atomic E-state index is 12.8. The van der Waals surface area contributed by atoms with Crippen molar-refractivity contribution >= 4 is 5.97 Å². The van der Waals surface area contributed by atoms with Gasteiger partial charge in [0.25, 0.3) is 0 Å². The number of carbonyl (C=O) groups is 1. The Hall–Kier alpha value is -3.36. The van der Waals surface area contributed by atoms with E-state index in [1.54, 1.807) is 30.5 Å². The molecule has 0 fully saturated rings. The fourth-order valence-corrected chi connectivity index (χ4v) is 3.15. The monoisotopic (exact) mass is 447 g/mol. The molecule has 0 unspecified atom stereocenters. The highest BCUT2D eigenvalue weighted by Gasteiger charge is 2.30. The summed E-state index contributed by atoms with van der Waals surface area (Å²) >= 11 is 0. The molecule has 9 heteroatoms. The molecule has 0 spiro atoms. The van der Waals surface area contributed by atoms with Crippen molar-refractivity contribution in [1.29, 1.82) is 0 Å². The van der Waals surface area contributed by atoms with Crippen molar-refractivity contribution in [2.24, 2.45) is 0 Å². The van der Waals surface area contributed by atoms with Crippen molar-refractivity contribution in [3.63, 3.8) is 0 Å². The molecule has 6 nitrogen and oxygen atoms in total. The summed E-state index contributed by atoms with van der Waals surface area (Å²) in [5.74, 6) is 1.08. The van der Waals surface area contributed by atoms with Crippen LogP contribution in [-0.4, -0.2) is 27.3 Å². The third-order valence-electron chi connectivity index (χ3n) is 4.61. The van der Waals surface area contributed by atoms with E-state index in [2.05, 4.69) is 10.1 Å². The lowest BCUT2D eigenvalue weighted by Crippen LogP contribution is -2.07. The highest BCUT2D eigenvalue weighted by atomic mass is 19.4. The van der Waals surface area contributed by atoms with E-state index in [1.807, 2.05) is 13.8 Å². The van der Waals surface area contributed by atoms with Gasteiger partial charge in [-0.1, -0.05) is 19.9 Å². The molecule has 0 saturated heterocycles. The number of hydrogen-bond donors (Lipinski definition) is 0. The van der Waals surface area contributed by atoms with Gasteiger partial charge in [-0.25, -0.2) is 9.67 Å². The second kappa shape index (κ2) is 9.84. The maximum atomic E-state index is 12.8. The molecule has 2 aromatic heterocycles. The fourth-order valence-electron chi connectivity index (χ4n) is 3.15. The number of halogens is 3. The maximum Gasteiger partial charge on any atom is 0.417 e. The van der Waals surface area contributed by atoms with E-state index in [1.165, 1.54) is 17.7 Å². The van der Waals surface area contributed by atoms with Crippen molar-refractivity contribution in [1.82, 2.24) is 14.8 Å². The molecule has 2 heterocycles. The van der Waals surface area contributed by atoms with Crippen LogP contribution in [0.2, 0.25) is 0 Å². The Morgan fingerprint density at radius 2 is 1.91 bits per heavy atom. The van der Waals surface area contributed by atoms with Crippen LogP contribution in [0.1, 0.15) is 49.9 Å². The molecule has 0 aliphatic rings. The van der Waals surface area contributed by atoms with Crippen LogP contribution >= 0.6 is 0 Å². The molecule has 0 aliphatic carbocycles. The van der Waals surface area contributed by atoms with Crippen molar-refractivity contribution in [3.05, 3.63) is 65.6 Å². The van der Waals surface area contributed by atoms with Gasteiger partial charge in [0.1, 0.15) is 11.5 Å². The number of hydrogen-bond acceptors (Lipinski definition) is 5. The van der Waals surface area contributed by atoms with Crippen LogP contribution in [0.4, 0.5) is 13.2 Å². The molecule has 3 aromatic rings. The van der Waals surface area contributed by atoms with Crippen LogP contribution < -0.4 is 9.47 Å². The zero-order valence-electron chi connectivity index (χ0n) is 18.0. The Balaban J connectivity index is 1.64. The first-order valence-corrected chi connectivity index (χ1v) is 10.2. The number of esters is 1. The summed E-state index contributed by atoms with van der Waals surface area (Å²) in [5, 5.41) is 4.53. The summed E-state index contributed by atoms with van der Waals surface area (Å²) in [6.45, 7) is 5.78. The Morgan fingerprint density at radius 3 is 2.53 bits per heavy atom. The molecule has 170 valence electrons. The molecule has 32 heavy (non-hydrogen) atoms. The number of benzene rings is 1. The van der Waals surface area contributed by atoms with Gasteiger partial charge in [-0.3, -0.25) is 4.79 Å². The van der Waals surface area contributed by atoms with Crippen molar-refractivity contribution in [2.75, 3.05) is 6.61 Å². The minimum atomic E-state index is -4.43. The largest absolute Gasteiger partial charge is 0.493 e. The summed E-state index contributed by atoms with van der Waals surface area (Å²) in [7, 11) is 0. The highest BCUT2D eigenvalue weighted by Crippen LogP contribution is 2.29. The normalized spacial score (nSPS) is 11.6. The summed E-state index contributed by atoms with van der Waals surface area (Å²) in [6.07, 6.45) is -0.446. The first-order chi connectivity index (χ1) is 15.1. The van der Waals surface area contributed by atoms with Crippen molar-refractivity contribution < 1.29 is 27.4 Å². The summed E-state index contributed by atoms with van der Waals surface area (Å²) in [5.41, 5.74) is 1.05. The van der Waals surface area contributed by atoms with Gasteiger partial charge in [0.15, 0.2) is 5.82 Å². The van der Waals surface area contributed by atoms with Gasteiger partial charge < -0.3 is 9.47 Å². The van der Waals surface area contributed by atoms with Gasteiger partial charge in [0.05, 0.1) is 17.9 Å². The van der Waals surface area contributed by atoms with Gasteiger partial charge in [0.2, 0.25) is 0 Å². The molecule has 0 radical (unpaired) electrons. The van der Waals surface area contributed by atoms with Gasteiger partial charge in [-0.05, 0) is 48.6 Å². The Morgan fingerprint density at radius 1 is 1.16 bits per heavy atom. The Bertz CT molecular complexity index is 1060. The number of alkyl halides is 3.